The summed E-state index contributed by atoms with van der Waals surface area (Å²) in [6, 6.07) is 31.8. The molecule has 0 saturated carbocycles. The van der Waals surface area contributed by atoms with E-state index < -0.39 is 4.92 Å². The summed E-state index contributed by atoms with van der Waals surface area (Å²) in [5.41, 5.74) is 4.72. The molecule has 0 unspecified atom stereocenters. The summed E-state index contributed by atoms with van der Waals surface area (Å²) in [7, 11) is 0. The number of anilines is 3. The van der Waals surface area contributed by atoms with E-state index in [1.54, 1.807) is 18.2 Å². The van der Waals surface area contributed by atoms with Gasteiger partial charge in [-0.1, -0.05) is 12.1 Å². The molecule has 0 aromatic heterocycles. The van der Waals surface area contributed by atoms with Crippen LogP contribution in [0.3, 0.4) is 0 Å². The zero-order chi connectivity index (χ0) is 26.9. The van der Waals surface area contributed by atoms with E-state index in [0.29, 0.717) is 24.4 Å². The van der Waals surface area contributed by atoms with E-state index in [4.69, 9.17) is 9.47 Å². The minimum Gasteiger partial charge on any atom is -0.494 e. The average Bonchev–Trinajstić information content (AvgIpc) is 2.95. The van der Waals surface area contributed by atoms with Crippen LogP contribution in [0.25, 0.3) is 11.6 Å². The van der Waals surface area contributed by atoms with Crippen molar-refractivity contribution in [1.29, 1.82) is 5.26 Å². The molecule has 0 bridgehead atoms. The maximum absolute atomic E-state index is 10.9. The maximum Gasteiger partial charge on any atom is 0.269 e. The second kappa shape index (κ2) is 12.2. The Morgan fingerprint density at radius 2 is 1.24 bits per heavy atom. The quantitative estimate of drug-likeness (QED) is 0.0941. The molecule has 4 rings (SSSR count). The summed E-state index contributed by atoms with van der Waals surface area (Å²) in [5.74, 6) is 1.61. The highest BCUT2D eigenvalue weighted by molar-refractivity contribution is 5.90. The predicted molar refractivity (Wildman–Crippen MR) is 150 cm³/mol. The second-order valence-electron chi connectivity index (χ2n) is 8.25. The van der Waals surface area contributed by atoms with Gasteiger partial charge in [0.15, 0.2) is 0 Å². The lowest BCUT2D eigenvalue weighted by molar-refractivity contribution is -0.384. The molecule has 4 aromatic rings. The topological polar surface area (TPSA) is 88.6 Å². The van der Waals surface area contributed by atoms with Crippen LogP contribution < -0.4 is 14.4 Å². The monoisotopic (exact) mass is 505 g/mol. The summed E-state index contributed by atoms with van der Waals surface area (Å²) in [5, 5.41) is 20.6. The summed E-state index contributed by atoms with van der Waals surface area (Å²) in [6.07, 6.45) is 1.77. The Balaban J connectivity index is 1.67. The van der Waals surface area contributed by atoms with Crippen molar-refractivity contribution in [3.8, 4) is 17.6 Å². The minimum absolute atomic E-state index is 0.0148. The van der Waals surface area contributed by atoms with Crippen molar-refractivity contribution in [2.75, 3.05) is 18.1 Å². The molecule has 0 fully saturated rings. The number of nitriles is 1. The standard InChI is InChI=1S/C31H27N3O4/c1-3-37-30-17-13-27(14-18-30)33(28-15-19-31(20-16-28)38-4-2)26-9-5-23(6-10-26)21-25(22-32)24-7-11-29(12-8-24)34(35)36/h5-21H,3-4H2,1-2H3/b25-21+. The van der Waals surface area contributed by atoms with E-state index in [-0.39, 0.29) is 5.69 Å². The van der Waals surface area contributed by atoms with Gasteiger partial charge in [0, 0.05) is 29.2 Å². The van der Waals surface area contributed by atoms with E-state index in [1.165, 1.54) is 12.1 Å². The second-order valence-corrected chi connectivity index (χ2v) is 8.25. The van der Waals surface area contributed by atoms with Crippen molar-refractivity contribution in [2.45, 2.75) is 13.8 Å². The van der Waals surface area contributed by atoms with Crippen molar-refractivity contribution in [1.82, 2.24) is 0 Å². The van der Waals surface area contributed by atoms with Gasteiger partial charge < -0.3 is 14.4 Å². The van der Waals surface area contributed by atoms with Gasteiger partial charge in [-0.05, 0) is 104 Å². The number of allylic oxidation sites excluding steroid dienone is 1. The number of ether oxygens (including phenoxy) is 2. The molecule has 0 aliphatic heterocycles. The molecule has 7 nitrogen and oxygen atoms in total. The molecule has 0 atom stereocenters. The molecule has 4 aromatic carbocycles. The Morgan fingerprint density at radius 1 is 0.789 bits per heavy atom. The van der Waals surface area contributed by atoms with Gasteiger partial charge in [-0.3, -0.25) is 10.1 Å². The van der Waals surface area contributed by atoms with E-state index in [0.717, 1.165) is 34.1 Å². The molecular weight excluding hydrogens is 478 g/mol. The first kappa shape index (κ1) is 26.0. The zero-order valence-electron chi connectivity index (χ0n) is 21.2. The molecule has 0 N–H and O–H groups in total. The molecular formula is C31H27N3O4. The van der Waals surface area contributed by atoms with Crippen LogP contribution in [-0.4, -0.2) is 18.1 Å². The molecule has 0 aliphatic rings. The van der Waals surface area contributed by atoms with Crippen molar-refractivity contribution < 1.29 is 14.4 Å². The molecule has 190 valence electrons. The van der Waals surface area contributed by atoms with E-state index in [9.17, 15) is 15.4 Å². The fourth-order valence-electron chi connectivity index (χ4n) is 3.99. The highest BCUT2D eigenvalue weighted by Crippen LogP contribution is 2.36. The molecule has 0 aliphatic carbocycles. The lowest BCUT2D eigenvalue weighted by Crippen LogP contribution is -2.10. The van der Waals surface area contributed by atoms with Crippen molar-refractivity contribution in [2.24, 2.45) is 0 Å². The van der Waals surface area contributed by atoms with Crippen molar-refractivity contribution in [3.63, 3.8) is 0 Å². The maximum atomic E-state index is 10.9. The molecule has 0 amide bonds. The zero-order valence-corrected chi connectivity index (χ0v) is 21.2. The highest BCUT2D eigenvalue weighted by Gasteiger charge is 2.13. The Hall–Kier alpha value is -5.09. The lowest BCUT2D eigenvalue weighted by Gasteiger charge is -2.26. The summed E-state index contributed by atoms with van der Waals surface area (Å²) >= 11 is 0. The first-order valence-electron chi connectivity index (χ1n) is 12.2. The minimum atomic E-state index is -0.460. The lowest BCUT2D eigenvalue weighted by atomic mass is 10.0. The average molecular weight is 506 g/mol. The third-order valence-corrected chi connectivity index (χ3v) is 5.78. The van der Waals surface area contributed by atoms with E-state index >= 15 is 0 Å². The number of benzene rings is 4. The van der Waals surface area contributed by atoms with Gasteiger partial charge in [0.25, 0.3) is 5.69 Å². The van der Waals surface area contributed by atoms with Gasteiger partial charge >= 0.3 is 0 Å². The summed E-state index contributed by atoms with van der Waals surface area (Å²) < 4.78 is 11.2. The molecule has 38 heavy (non-hydrogen) atoms. The van der Waals surface area contributed by atoms with Crippen LogP contribution in [0.5, 0.6) is 11.5 Å². The van der Waals surface area contributed by atoms with Crippen molar-refractivity contribution >= 4 is 34.4 Å². The Kier molecular flexibility index (Phi) is 8.37. The number of hydrogen-bond donors (Lipinski definition) is 0. The van der Waals surface area contributed by atoms with Crippen LogP contribution in [0.2, 0.25) is 0 Å². The first-order chi connectivity index (χ1) is 18.5. The van der Waals surface area contributed by atoms with Gasteiger partial charge in [-0.15, -0.1) is 0 Å². The normalized spacial score (nSPS) is 10.9. The SMILES string of the molecule is CCOc1ccc(N(c2ccc(/C=C(\C#N)c3ccc([N+](=O)[O-])cc3)cc2)c2ccc(OCC)cc2)cc1. The first-order valence-corrected chi connectivity index (χ1v) is 12.2. The number of nitro groups is 1. The number of nitrogens with zero attached hydrogens (tertiary/aromatic N) is 3. The molecule has 0 heterocycles. The van der Waals surface area contributed by atoms with Crippen LogP contribution in [0.15, 0.2) is 97.1 Å². The fraction of sp³-hybridized carbons (Fsp3) is 0.129. The predicted octanol–water partition coefficient (Wildman–Crippen LogP) is 7.93. The number of hydrogen-bond acceptors (Lipinski definition) is 6. The Morgan fingerprint density at radius 3 is 1.63 bits per heavy atom. The molecule has 7 heteroatoms. The van der Waals surface area contributed by atoms with Gasteiger partial charge in [0.05, 0.1) is 29.8 Å². The smallest absolute Gasteiger partial charge is 0.269 e. The van der Waals surface area contributed by atoms with Crippen molar-refractivity contribution in [3.05, 3.63) is 118 Å². The van der Waals surface area contributed by atoms with E-state index in [1.807, 2.05) is 86.6 Å². The molecule has 0 spiro atoms. The Bertz CT molecular complexity index is 1390. The van der Waals surface area contributed by atoms with Gasteiger partial charge in [-0.25, -0.2) is 0 Å². The van der Waals surface area contributed by atoms with Crippen LogP contribution in [0, 0.1) is 21.4 Å². The number of rotatable bonds is 10. The third-order valence-electron chi connectivity index (χ3n) is 5.78. The van der Waals surface area contributed by atoms with Crippen LogP contribution in [0.1, 0.15) is 25.0 Å². The fourth-order valence-corrected chi connectivity index (χ4v) is 3.99. The summed E-state index contributed by atoms with van der Waals surface area (Å²) in [4.78, 5) is 12.6. The van der Waals surface area contributed by atoms with Crippen LogP contribution in [-0.2, 0) is 0 Å². The van der Waals surface area contributed by atoms with Crippen LogP contribution in [0.4, 0.5) is 22.7 Å². The van der Waals surface area contributed by atoms with Crippen LogP contribution >= 0.6 is 0 Å². The third kappa shape index (κ3) is 6.18. The Labute approximate surface area is 222 Å². The number of non-ortho nitro benzene ring substituents is 1. The number of nitro benzene ring substituents is 1. The van der Waals surface area contributed by atoms with Gasteiger partial charge in [-0.2, -0.15) is 5.26 Å². The highest BCUT2D eigenvalue weighted by atomic mass is 16.6. The molecule has 0 saturated heterocycles. The molecule has 0 radical (unpaired) electrons. The van der Waals surface area contributed by atoms with Gasteiger partial charge in [0.1, 0.15) is 11.5 Å². The largest absolute Gasteiger partial charge is 0.494 e. The van der Waals surface area contributed by atoms with Gasteiger partial charge in [0.2, 0.25) is 0 Å². The van der Waals surface area contributed by atoms with E-state index in [2.05, 4.69) is 11.0 Å². The summed E-state index contributed by atoms with van der Waals surface area (Å²) in [6.45, 7) is 5.11.